The zero-order valence-corrected chi connectivity index (χ0v) is 10.0. The van der Waals surface area contributed by atoms with Gasteiger partial charge in [-0.05, 0) is 0 Å². The van der Waals surface area contributed by atoms with E-state index >= 15 is 0 Å². The van der Waals surface area contributed by atoms with E-state index in [0.29, 0.717) is 0 Å². The van der Waals surface area contributed by atoms with Crippen molar-refractivity contribution < 1.29 is 30.0 Å². The van der Waals surface area contributed by atoms with Crippen LogP contribution in [-0.4, -0.2) is 69.8 Å². The second kappa shape index (κ2) is 13.2. The van der Waals surface area contributed by atoms with E-state index in [9.17, 15) is 9.59 Å². The maximum Gasteiger partial charge on any atom is 0.309 e. The third kappa shape index (κ3) is 17.7. The maximum atomic E-state index is 10.2. The highest BCUT2D eigenvalue weighted by Gasteiger charge is 2.08. The fourth-order valence-corrected chi connectivity index (χ4v) is 0.965. The van der Waals surface area contributed by atoms with Crippen LogP contribution in [0.3, 0.4) is 0 Å². The minimum Gasteiger partial charge on any atom is -0.396 e. The van der Waals surface area contributed by atoms with Crippen LogP contribution in [0.5, 0.6) is 0 Å². The van der Waals surface area contributed by atoms with E-state index in [1.54, 1.807) is 11.8 Å². The Morgan fingerprint density at radius 1 is 1.18 bits per heavy atom. The van der Waals surface area contributed by atoms with Crippen molar-refractivity contribution in [2.45, 2.75) is 6.29 Å². The number of nitrogens with two attached hydrogens (primary N) is 1. The average molecular weight is 270 g/mol. The summed E-state index contributed by atoms with van der Waals surface area (Å²) in [6, 6.07) is 0. The molecule has 0 saturated carbocycles. The van der Waals surface area contributed by atoms with Crippen LogP contribution in [0.1, 0.15) is 0 Å². The largest absolute Gasteiger partial charge is 0.396 e. The first kappa shape index (κ1) is 18.5. The van der Waals surface area contributed by atoms with Crippen LogP contribution >= 0.6 is 11.8 Å². The number of primary amides is 1. The Labute approximate surface area is 103 Å². The zero-order chi connectivity index (χ0) is 13.7. The summed E-state index contributed by atoms with van der Waals surface area (Å²) in [7, 11) is 0. The van der Waals surface area contributed by atoms with Gasteiger partial charge in [0.05, 0.1) is 19.8 Å². The van der Waals surface area contributed by atoms with Gasteiger partial charge in [-0.1, -0.05) is 0 Å². The molecule has 0 aromatic rings. The number of hydrogen-bond acceptors (Lipinski definition) is 7. The maximum absolute atomic E-state index is 10.2. The SMILES string of the molecule is NC(=O)C(=O)NCC(O)O.OCCSCCO. The number of aliphatic hydroxyl groups is 4. The van der Waals surface area contributed by atoms with Gasteiger partial charge in [0.15, 0.2) is 6.29 Å². The second-order valence-corrected chi connectivity index (χ2v) is 3.84. The van der Waals surface area contributed by atoms with Gasteiger partial charge >= 0.3 is 11.8 Å². The Balaban J connectivity index is 0. The van der Waals surface area contributed by atoms with Crippen LogP contribution in [0, 0.1) is 0 Å². The van der Waals surface area contributed by atoms with Gasteiger partial charge in [0.2, 0.25) is 0 Å². The van der Waals surface area contributed by atoms with Crippen molar-refractivity contribution in [1.29, 1.82) is 0 Å². The smallest absolute Gasteiger partial charge is 0.309 e. The first-order chi connectivity index (χ1) is 7.95. The highest BCUT2D eigenvalue weighted by molar-refractivity contribution is 7.99. The van der Waals surface area contributed by atoms with Crippen molar-refractivity contribution in [3.8, 4) is 0 Å². The van der Waals surface area contributed by atoms with Gasteiger partial charge in [-0.3, -0.25) is 9.59 Å². The summed E-state index contributed by atoms with van der Waals surface area (Å²) in [4.78, 5) is 20.2. The second-order valence-electron chi connectivity index (χ2n) is 2.61. The molecular formula is C8H18N2O6S. The van der Waals surface area contributed by atoms with Gasteiger partial charge in [0.25, 0.3) is 0 Å². The molecule has 0 spiro atoms. The molecule has 9 heteroatoms. The predicted octanol–water partition coefficient (Wildman–Crippen LogP) is -3.40. The molecular weight excluding hydrogens is 252 g/mol. The monoisotopic (exact) mass is 270 g/mol. The third-order valence-electron chi connectivity index (χ3n) is 1.14. The molecule has 2 amide bonds. The molecule has 102 valence electrons. The lowest BCUT2D eigenvalue weighted by molar-refractivity contribution is -0.138. The van der Waals surface area contributed by atoms with Crippen molar-refractivity contribution in [2.24, 2.45) is 5.73 Å². The predicted molar refractivity (Wildman–Crippen MR) is 61.9 cm³/mol. The standard InChI is InChI=1S/C4H8N2O4.C4H10O2S/c5-3(9)4(10)6-1-2(7)8;5-1-3-7-4-2-6/h2,7-8H,1H2,(H2,5,9)(H,6,10);5-6H,1-4H2. The minimum absolute atomic E-state index is 0.213. The number of thioether (sulfide) groups is 1. The number of carbonyl (C=O) groups is 2. The molecule has 17 heavy (non-hydrogen) atoms. The van der Waals surface area contributed by atoms with E-state index in [2.05, 4.69) is 5.73 Å². The topological polar surface area (TPSA) is 153 Å². The molecule has 8 nitrogen and oxygen atoms in total. The number of hydrogen-bond donors (Lipinski definition) is 6. The first-order valence-electron chi connectivity index (χ1n) is 4.68. The molecule has 0 aromatic heterocycles. The Hall–Kier alpha value is -0.870. The zero-order valence-electron chi connectivity index (χ0n) is 9.20. The lowest BCUT2D eigenvalue weighted by Crippen LogP contribution is -2.39. The lowest BCUT2D eigenvalue weighted by atomic mass is 10.5. The van der Waals surface area contributed by atoms with Crippen LogP contribution in [0.15, 0.2) is 0 Å². The summed E-state index contributed by atoms with van der Waals surface area (Å²) in [5.74, 6) is -0.713. The molecule has 0 aliphatic carbocycles. The van der Waals surface area contributed by atoms with Gasteiger partial charge in [0, 0.05) is 11.5 Å². The number of nitrogens with one attached hydrogen (secondary N) is 1. The highest BCUT2D eigenvalue weighted by Crippen LogP contribution is 1.94. The molecule has 0 fully saturated rings. The van der Waals surface area contributed by atoms with Crippen LogP contribution in [-0.2, 0) is 9.59 Å². The average Bonchev–Trinajstić information content (AvgIpc) is 2.27. The van der Waals surface area contributed by atoms with Crippen molar-refractivity contribution in [3.63, 3.8) is 0 Å². The summed E-state index contributed by atoms with van der Waals surface area (Å²) in [6.07, 6.45) is -1.66. The first-order valence-corrected chi connectivity index (χ1v) is 5.84. The quantitative estimate of drug-likeness (QED) is 0.167. The molecule has 0 aliphatic heterocycles. The number of rotatable bonds is 6. The van der Waals surface area contributed by atoms with Crippen LogP contribution < -0.4 is 11.1 Å². The minimum atomic E-state index is -1.66. The third-order valence-corrected chi connectivity index (χ3v) is 2.08. The Kier molecular flexibility index (Phi) is 14.4. The van der Waals surface area contributed by atoms with Crippen molar-refractivity contribution in [3.05, 3.63) is 0 Å². The Morgan fingerprint density at radius 2 is 1.65 bits per heavy atom. The molecule has 7 N–H and O–H groups in total. The summed E-state index contributed by atoms with van der Waals surface area (Å²) in [5.41, 5.74) is 4.51. The van der Waals surface area contributed by atoms with Crippen molar-refractivity contribution in [2.75, 3.05) is 31.3 Å². The van der Waals surface area contributed by atoms with E-state index in [1.165, 1.54) is 0 Å². The Morgan fingerprint density at radius 3 is 1.94 bits per heavy atom. The summed E-state index contributed by atoms with van der Waals surface area (Å²) in [6.45, 7) is 0.0249. The van der Waals surface area contributed by atoms with Crippen molar-refractivity contribution in [1.82, 2.24) is 5.32 Å². The van der Waals surface area contributed by atoms with Crippen LogP contribution in [0.2, 0.25) is 0 Å². The van der Waals surface area contributed by atoms with Crippen molar-refractivity contribution >= 4 is 23.6 Å². The molecule has 0 saturated heterocycles. The van der Waals surface area contributed by atoms with Gasteiger partial charge < -0.3 is 31.5 Å². The number of aliphatic hydroxyl groups excluding tert-OH is 3. The van der Waals surface area contributed by atoms with Gasteiger partial charge in [-0.15, -0.1) is 0 Å². The summed E-state index contributed by atoms with van der Waals surface area (Å²) < 4.78 is 0. The molecule has 0 unspecified atom stereocenters. The summed E-state index contributed by atoms with van der Waals surface area (Å²) in [5, 5.41) is 34.6. The molecule has 0 aliphatic rings. The van der Waals surface area contributed by atoms with Gasteiger partial charge in [-0.2, -0.15) is 11.8 Å². The normalized spacial score (nSPS) is 9.47. The van der Waals surface area contributed by atoms with E-state index in [-0.39, 0.29) is 13.2 Å². The van der Waals surface area contributed by atoms with Crippen LogP contribution in [0.25, 0.3) is 0 Å². The number of amides is 2. The van der Waals surface area contributed by atoms with E-state index < -0.39 is 24.6 Å². The van der Waals surface area contributed by atoms with Gasteiger partial charge in [0.1, 0.15) is 0 Å². The Bertz CT molecular complexity index is 210. The summed E-state index contributed by atoms with van der Waals surface area (Å²) >= 11 is 1.55. The van der Waals surface area contributed by atoms with Gasteiger partial charge in [-0.25, -0.2) is 0 Å². The van der Waals surface area contributed by atoms with E-state index in [0.717, 1.165) is 11.5 Å². The molecule has 0 radical (unpaired) electrons. The van der Waals surface area contributed by atoms with E-state index in [4.69, 9.17) is 20.4 Å². The molecule has 0 aromatic carbocycles. The highest BCUT2D eigenvalue weighted by atomic mass is 32.2. The number of carbonyl (C=O) groups excluding carboxylic acids is 2. The van der Waals surface area contributed by atoms with E-state index in [1.807, 2.05) is 5.32 Å². The van der Waals surface area contributed by atoms with Crippen LogP contribution in [0.4, 0.5) is 0 Å². The lowest BCUT2D eigenvalue weighted by Gasteiger charge is -2.02. The molecule has 0 bridgehead atoms. The fraction of sp³-hybridized carbons (Fsp3) is 0.750. The fourth-order valence-electron chi connectivity index (χ4n) is 0.502. The molecule has 0 rings (SSSR count). The molecule has 0 heterocycles. The molecule has 0 atom stereocenters.